The highest BCUT2D eigenvalue weighted by Gasteiger charge is 2.45. The monoisotopic (exact) mass is 570 g/mol. The second kappa shape index (κ2) is 6.74. The summed E-state index contributed by atoms with van der Waals surface area (Å²) in [6.45, 7) is 0. The van der Waals surface area contributed by atoms with E-state index >= 15 is 0 Å². The third kappa shape index (κ3) is 2.60. The molecule has 0 fully saturated rings. The number of rotatable bonds is 2. The lowest BCUT2D eigenvalue weighted by molar-refractivity contribution is 0.767. The smallest absolute Gasteiger partial charge is 0.0622 e. The molecule has 0 unspecified atom stereocenters. The molecule has 0 nitrogen and oxygen atoms in total. The summed E-state index contributed by atoms with van der Waals surface area (Å²) in [6, 6.07) is 35.6. The molecule has 0 aliphatic heterocycles. The van der Waals surface area contributed by atoms with E-state index in [0.717, 1.165) is 0 Å². The maximum atomic E-state index is 2.44. The van der Waals surface area contributed by atoms with Gasteiger partial charge < -0.3 is 0 Å². The van der Waals surface area contributed by atoms with Crippen LogP contribution >= 0.6 is 45.2 Å². The van der Waals surface area contributed by atoms with Crippen LogP contribution in [0.4, 0.5) is 0 Å². The predicted octanol–water partition coefficient (Wildman–Crippen LogP) is 7.26. The van der Waals surface area contributed by atoms with E-state index in [1.807, 2.05) is 0 Å². The summed E-state index contributed by atoms with van der Waals surface area (Å²) in [4.78, 5) is 0. The predicted molar refractivity (Wildman–Crippen MR) is 129 cm³/mol. The third-order valence-corrected chi connectivity index (χ3v) is 6.70. The Balaban J connectivity index is 1.99. The first-order valence-corrected chi connectivity index (χ1v) is 11.1. The van der Waals surface area contributed by atoms with Crippen molar-refractivity contribution in [3.8, 4) is 11.1 Å². The second-order valence-electron chi connectivity index (χ2n) is 6.87. The van der Waals surface area contributed by atoms with Crippen LogP contribution in [0, 0.1) is 7.14 Å². The Labute approximate surface area is 186 Å². The van der Waals surface area contributed by atoms with E-state index in [-0.39, 0.29) is 5.41 Å². The van der Waals surface area contributed by atoms with Gasteiger partial charge in [0.15, 0.2) is 0 Å². The molecule has 4 aromatic carbocycles. The Hall–Kier alpha value is -1.66. The molecular formula is C25H16I2. The molecule has 0 amide bonds. The Morgan fingerprint density at radius 3 is 1.52 bits per heavy atom. The minimum Gasteiger partial charge on any atom is -0.0622 e. The molecule has 5 rings (SSSR count). The summed E-state index contributed by atoms with van der Waals surface area (Å²) in [5.74, 6) is 0. The normalized spacial score (nSPS) is 13.9. The molecule has 0 radical (unpaired) electrons. The SMILES string of the molecule is Ic1cc(I)cc(C2(c3ccccc3)c3ccccc3-c3ccccc32)c1. The van der Waals surface area contributed by atoms with Crippen molar-refractivity contribution >= 4 is 45.2 Å². The average molecular weight is 570 g/mol. The lowest BCUT2D eigenvalue weighted by Crippen LogP contribution is -2.28. The van der Waals surface area contributed by atoms with Gasteiger partial charge in [0.1, 0.15) is 0 Å². The first kappa shape index (κ1) is 17.4. The Kier molecular flexibility index (Phi) is 4.36. The average Bonchev–Trinajstić information content (AvgIpc) is 2.99. The molecule has 0 heterocycles. The van der Waals surface area contributed by atoms with Crippen molar-refractivity contribution in [2.24, 2.45) is 0 Å². The van der Waals surface area contributed by atoms with Crippen LogP contribution < -0.4 is 0 Å². The molecule has 0 spiro atoms. The van der Waals surface area contributed by atoms with Gasteiger partial charge in [0.2, 0.25) is 0 Å². The first-order chi connectivity index (χ1) is 13.2. The molecular weight excluding hydrogens is 554 g/mol. The largest absolute Gasteiger partial charge is 0.0714 e. The number of hydrogen-bond donors (Lipinski definition) is 0. The van der Waals surface area contributed by atoms with Crippen LogP contribution in [0.5, 0.6) is 0 Å². The third-order valence-electron chi connectivity index (χ3n) is 5.45. The van der Waals surface area contributed by atoms with Gasteiger partial charge in [0.25, 0.3) is 0 Å². The molecule has 0 aromatic heterocycles. The van der Waals surface area contributed by atoms with Gasteiger partial charge >= 0.3 is 0 Å². The fourth-order valence-corrected chi connectivity index (χ4v) is 6.42. The van der Waals surface area contributed by atoms with Crippen molar-refractivity contribution in [1.29, 1.82) is 0 Å². The molecule has 0 bridgehead atoms. The first-order valence-electron chi connectivity index (χ1n) is 8.93. The van der Waals surface area contributed by atoms with Crippen molar-refractivity contribution in [1.82, 2.24) is 0 Å². The fourth-order valence-electron chi connectivity index (χ4n) is 4.48. The number of hydrogen-bond acceptors (Lipinski definition) is 0. The highest BCUT2D eigenvalue weighted by Crippen LogP contribution is 2.56. The Morgan fingerprint density at radius 2 is 0.963 bits per heavy atom. The van der Waals surface area contributed by atoms with Crippen molar-refractivity contribution < 1.29 is 0 Å². The topological polar surface area (TPSA) is 0 Å². The molecule has 130 valence electrons. The van der Waals surface area contributed by atoms with E-state index < -0.39 is 0 Å². The highest BCUT2D eigenvalue weighted by atomic mass is 127. The van der Waals surface area contributed by atoms with Gasteiger partial charge in [-0.2, -0.15) is 0 Å². The molecule has 27 heavy (non-hydrogen) atoms. The van der Waals surface area contributed by atoms with Crippen molar-refractivity contribution in [2.75, 3.05) is 0 Å². The van der Waals surface area contributed by atoms with Gasteiger partial charge in [-0.1, -0.05) is 78.9 Å². The zero-order valence-electron chi connectivity index (χ0n) is 14.5. The molecule has 0 atom stereocenters. The molecule has 1 aliphatic carbocycles. The summed E-state index contributed by atoms with van der Waals surface area (Å²) in [5.41, 5.74) is 7.79. The Morgan fingerprint density at radius 1 is 0.481 bits per heavy atom. The second-order valence-corrected chi connectivity index (χ2v) is 9.36. The van der Waals surface area contributed by atoms with E-state index in [2.05, 4.69) is 142 Å². The summed E-state index contributed by atoms with van der Waals surface area (Å²) >= 11 is 4.88. The minimum absolute atomic E-state index is 0.282. The quantitative estimate of drug-likeness (QED) is 0.196. The highest BCUT2D eigenvalue weighted by molar-refractivity contribution is 14.1. The van der Waals surface area contributed by atoms with Crippen LogP contribution in [0.15, 0.2) is 97.1 Å². The molecule has 2 heteroatoms. The van der Waals surface area contributed by atoms with Crippen molar-refractivity contribution in [2.45, 2.75) is 5.41 Å². The lowest BCUT2D eigenvalue weighted by Gasteiger charge is -2.34. The summed E-state index contributed by atoms with van der Waals surface area (Å²) < 4.78 is 2.54. The van der Waals surface area contributed by atoms with Crippen LogP contribution in [0.3, 0.4) is 0 Å². The van der Waals surface area contributed by atoms with Crippen LogP contribution in [-0.4, -0.2) is 0 Å². The van der Waals surface area contributed by atoms with E-state index in [1.165, 1.54) is 40.5 Å². The van der Waals surface area contributed by atoms with Gasteiger partial charge in [0.05, 0.1) is 5.41 Å². The van der Waals surface area contributed by atoms with Crippen molar-refractivity contribution in [3.05, 3.63) is 126 Å². The zero-order chi connectivity index (χ0) is 18.4. The van der Waals surface area contributed by atoms with Crippen LogP contribution in [0.1, 0.15) is 22.3 Å². The van der Waals surface area contributed by atoms with Crippen LogP contribution in [-0.2, 0) is 5.41 Å². The minimum atomic E-state index is -0.282. The fraction of sp³-hybridized carbons (Fsp3) is 0.0400. The number of halogens is 2. The van der Waals surface area contributed by atoms with Crippen LogP contribution in [0.2, 0.25) is 0 Å². The number of fused-ring (bicyclic) bond motifs is 3. The number of benzene rings is 4. The molecule has 0 saturated carbocycles. The molecule has 0 N–H and O–H groups in total. The Bertz CT molecular complexity index is 1080. The summed E-state index contributed by atoms with van der Waals surface area (Å²) in [7, 11) is 0. The molecule has 0 saturated heterocycles. The van der Waals surface area contributed by atoms with Gasteiger partial charge in [0, 0.05) is 7.14 Å². The van der Waals surface area contributed by atoms with E-state index in [4.69, 9.17) is 0 Å². The zero-order valence-corrected chi connectivity index (χ0v) is 18.8. The molecule has 1 aliphatic rings. The van der Waals surface area contributed by atoms with Gasteiger partial charge in [-0.25, -0.2) is 0 Å². The standard InChI is InChI=1S/C25H16I2/c26-19-14-18(15-20(27)16-19)25(17-8-2-1-3-9-17)23-12-6-4-10-21(23)22-11-5-7-13-24(22)25/h1-16H. The maximum absolute atomic E-state index is 2.44. The van der Waals surface area contributed by atoms with E-state index in [9.17, 15) is 0 Å². The molecule has 4 aromatic rings. The van der Waals surface area contributed by atoms with Crippen molar-refractivity contribution in [3.63, 3.8) is 0 Å². The van der Waals surface area contributed by atoms with E-state index in [1.54, 1.807) is 0 Å². The summed E-state index contributed by atoms with van der Waals surface area (Å²) in [5, 5.41) is 0. The lowest BCUT2D eigenvalue weighted by atomic mass is 9.68. The van der Waals surface area contributed by atoms with Gasteiger partial charge in [-0.05, 0) is 96.8 Å². The van der Waals surface area contributed by atoms with Gasteiger partial charge in [-0.15, -0.1) is 0 Å². The maximum Gasteiger partial charge on any atom is 0.0714 e. The van der Waals surface area contributed by atoms with Crippen LogP contribution in [0.25, 0.3) is 11.1 Å². The van der Waals surface area contributed by atoms with E-state index in [0.29, 0.717) is 0 Å². The van der Waals surface area contributed by atoms with Gasteiger partial charge in [-0.3, -0.25) is 0 Å². The summed E-state index contributed by atoms with van der Waals surface area (Å²) in [6.07, 6.45) is 0.